The first kappa shape index (κ1) is 11.0. The Hall–Kier alpha value is -2.09. The molecule has 1 unspecified atom stereocenters. The maximum absolute atomic E-state index is 4.45. The van der Waals surface area contributed by atoms with E-state index in [-0.39, 0.29) is 0 Å². The number of hydrogen-bond acceptors (Lipinski definition) is 2. The molecule has 0 aromatic heterocycles. The van der Waals surface area contributed by atoms with Gasteiger partial charge < -0.3 is 5.43 Å². The first-order chi connectivity index (χ1) is 8.93. The number of nitrogens with zero attached hydrogens (tertiary/aromatic N) is 1. The van der Waals surface area contributed by atoms with Crippen molar-refractivity contribution in [2.45, 2.75) is 6.42 Å². The molecule has 0 saturated heterocycles. The van der Waals surface area contributed by atoms with E-state index >= 15 is 0 Å². The van der Waals surface area contributed by atoms with Crippen LogP contribution in [-0.4, -0.2) is 12.3 Å². The van der Waals surface area contributed by atoms with Crippen LogP contribution in [-0.2, 0) is 6.42 Å². The predicted octanol–water partition coefficient (Wildman–Crippen LogP) is 2.85. The topological polar surface area (TPSA) is 24.4 Å². The van der Waals surface area contributed by atoms with Crippen molar-refractivity contribution in [3.63, 3.8) is 0 Å². The molecule has 0 bridgehead atoms. The second-order valence-electron chi connectivity index (χ2n) is 4.61. The molecule has 1 atom stereocenters. The van der Waals surface area contributed by atoms with Gasteiger partial charge in [0.25, 0.3) is 0 Å². The Kier molecular flexibility index (Phi) is 3.09. The van der Waals surface area contributed by atoms with Gasteiger partial charge in [0.2, 0.25) is 0 Å². The van der Waals surface area contributed by atoms with Gasteiger partial charge in [-0.1, -0.05) is 60.7 Å². The second-order valence-corrected chi connectivity index (χ2v) is 4.61. The molecule has 1 aliphatic heterocycles. The summed E-state index contributed by atoms with van der Waals surface area (Å²) >= 11 is 0. The maximum Gasteiger partial charge on any atom is 0.0727 e. The molecule has 90 valence electrons. The van der Waals surface area contributed by atoms with Crippen molar-refractivity contribution >= 4 is 5.71 Å². The van der Waals surface area contributed by atoms with E-state index in [0.717, 1.165) is 13.0 Å². The van der Waals surface area contributed by atoms with Crippen molar-refractivity contribution in [1.29, 1.82) is 0 Å². The number of hydrazone groups is 1. The van der Waals surface area contributed by atoms with Crippen LogP contribution in [0.5, 0.6) is 0 Å². The van der Waals surface area contributed by atoms with Crippen molar-refractivity contribution in [3.8, 4) is 0 Å². The highest BCUT2D eigenvalue weighted by Crippen LogP contribution is 2.18. The third-order valence-electron chi connectivity index (χ3n) is 3.32. The molecule has 0 saturated carbocycles. The van der Waals surface area contributed by atoms with Crippen molar-refractivity contribution in [2.75, 3.05) is 6.54 Å². The van der Waals surface area contributed by atoms with Crippen LogP contribution in [0.4, 0.5) is 0 Å². The summed E-state index contributed by atoms with van der Waals surface area (Å²) in [6.07, 6.45) is 1.04. The summed E-state index contributed by atoms with van der Waals surface area (Å²) in [6, 6.07) is 21.0. The van der Waals surface area contributed by atoms with Crippen LogP contribution in [0, 0.1) is 5.92 Å². The van der Waals surface area contributed by atoms with Crippen molar-refractivity contribution < 1.29 is 0 Å². The Morgan fingerprint density at radius 2 is 1.61 bits per heavy atom. The lowest BCUT2D eigenvalue weighted by atomic mass is 9.91. The van der Waals surface area contributed by atoms with Crippen LogP contribution in [0.15, 0.2) is 65.8 Å². The van der Waals surface area contributed by atoms with Gasteiger partial charge in [0.05, 0.1) is 5.71 Å². The van der Waals surface area contributed by atoms with Gasteiger partial charge in [-0.3, -0.25) is 0 Å². The van der Waals surface area contributed by atoms with Crippen LogP contribution >= 0.6 is 0 Å². The van der Waals surface area contributed by atoms with E-state index in [9.17, 15) is 0 Å². The standard InChI is InChI=1S/C16H16N2/c1-3-7-13(8-4-1)11-15-12-17-18-16(15)14-9-5-2-6-10-14/h1-10,15,17H,11-12H2. The molecule has 1 N–H and O–H groups in total. The zero-order valence-corrected chi connectivity index (χ0v) is 10.2. The number of benzene rings is 2. The number of nitrogens with one attached hydrogen (secondary N) is 1. The van der Waals surface area contributed by atoms with E-state index < -0.39 is 0 Å². The predicted molar refractivity (Wildman–Crippen MR) is 74.6 cm³/mol. The zero-order chi connectivity index (χ0) is 12.2. The lowest BCUT2D eigenvalue weighted by Crippen LogP contribution is -2.19. The zero-order valence-electron chi connectivity index (χ0n) is 10.2. The van der Waals surface area contributed by atoms with Crippen LogP contribution in [0.2, 0.25) is 0 Å². The molecule has 2 aromatic rings. The van der Waals surface area contributed by atoms with Gasteiger partial charge in [0.1, 0.15) is 0 Å². The van der Waals surface area contributed by atoms with Crippen LogP contribution < -0.4 is 5.43 Å². The normalized spacial score (nSPS) is 18.2. The van der Waals surface area contributed by atoms with E-state index in [4.69, 9.17) is 0 Å². The Labute approximate surface area is 107 Å². The molecule has 0 amide bonds. The molecule has 0 fully saturated rings. The van der Waals surface area contributed by atoms with Gasteiger partial charge in [0, 0.05) is 12.5 Å². The summed E-state index contributed by atoms with van der Waals surface area (Å²) in [5.74, 6) is 0.467. The van der Waals surface area contributed by atoms with Crippen LogP contribution in [0.1, 0.15) is 11.1 Å². The van der Waals surface area contributed by atoms with E-state index in [0.29, 0.717) is 5.92 Å². The van der Waals surface area contributed by atoms with Gasteiger partial charge in [-0.25, -0.2) is 0 Å². The van der Waals surface area contributed by atoms with E-state index in [2.05, 4.69) is 65.1 Å². The third-order valence-corrected chi connectivity index (χ3v) is 3.32. The molecule has 1 aliphatic rings. The molecule has 2 nitrogen and oxygen atoms in total. The minimum absolute atomic E-state index is 0.467. The Balaban J connectivity index is 1.80. The first-order valence-corrected chi connectivity index (χ1v) is 6.33. The fraction of sp³-hybridized carbons (Fsp3) is 0.188. The van der Waals surface area contributed by atoms with Crippen LogP contribution in [0.25, 0.3) is 0 Å². The lowest BCUT2D eigenvalue weighted by Gasteiger charge is -2.12. The van der Waals surface area contributed by atoms with Gasteiger partial charge >= 0.3 is 0 Å². The third kappa shape index (κ3) is 2.28. The molecular weight excluding hydrogens is 220 g/mol. The van der Waals surface area contributed by atoms with E-state index in [1.807, 2.05) is 6.07 Å². The monoisotopic (exact) mass is 236 g/mol. The summed E-state index contributed by atoms with van der Waals surface area (Å²) in [4.78, 5) is 0. The van der Waals surface area contributed by atoms with Gasteiger partial charge in [-0.05, 0) is 17.5 Å². The molecule has 1 heterocycles. The van der Waals surface area contributed by atoms with E-state index in [1.54, 1.807) is 0 Å². The van der Waals surface area contributed by atoms with Crippen molar-refractivity contribution in [1.82, 2.24) is 5.43 Å². The Morgan fingerprint density at radius 3 is 2.33 bits per heavy atom. The van der Waals surface area contributed by atoms with Crippen LogP contribution in [0.3, 0.4) is 0 Å². The summed E-state index contributed by atoms with van der Waals surface area (Å²) in [6.45, 7) is 0.930. The highest BCUT2D eigenvalue weighted by atomic mass is 15.3. The quantitative estimate of drug-likeness (QED) is 0.870. The maximum atomic E-state index is 4.45. The molecular formula is C16H16N2. The van der Waals surface area contributed by atoms with Gasteiger partial charge in [0.15, 0.2) is 0 Å². The molecule has 18 heavy (non-hydrogen) atoms. The molecule has 2 aromatic carbocycles. The van der Waals surface area contributed by atoms with Crippen molar-refractivity contribution in [2.24, 2.45) is 11.0 Å². The summed E-state index contributed by atoms with van der Waals surface area (Å²) in [5.41, 5.74) is 6.90. The summed E-state index contributed by atoms with van der Waals surface area (Å²) in [7, 11) is 0. The largest absolute Gasteiger partial charge is 0.309 e. The average molecular weight is 236 g/mol. The Morgan fingerprint density at radius 1 is 0.944 bits per heavy atom. The molecule has 0 radical (unpaired) electrons. The van der Waals surface area contributed by atoms with E-state index in [1.165, 1.54) is 16.8 Å². The van der Waals surface area contributed by atoms with Crippen molar-refractivity contribution in [3.05, 3.63) is 71.8 Å². The minimum atomic E-state index is 0.467. The van der Waals surface area contributed by atoms with Gasteiger partial charge in [-0.2, -0.15) is 5.10 Å². The smallest absolute Gasteiger partial charge is 0.0727 e. The molecule has 0 spiro atoms. The highest BCUT2D eigenvalue weighted by molar-refractivity contribution is 6.03. The average Bonchev–Trinajstić information content (AvgIpc) is 2.89. The number of hydrogen-bond donors (Lipinski definition) is 1. The minimum Gasteiger partial charge on any atom is -0.309 e. The second kappa shape index (κ2) is 5.05. The fourth-order valence-corrected chi connectivity index (χ4v) is 2.41. The summed E-state index contributed by atoms with van der Waals surface area (Å²) < 4.78 is 0. The lowest BCUT2D eigenvalue weighted by molar-refractivity contribution is 0.656. The summed E-state index contributed by atoms with van der Waals surface area (Å²) in [5, 5.41) is 4.45. The molecule has 0 aliphatic carbocycles. The fourth-order valence-electron chi connectivity index (χ4n) is 2.41. The number of rotatable bonds is 3. The Bertz CT molecular complexity index is 532. The molecule has 3 rings (SSSR count). The highest BCUT2D eigenvalue weighted by Gasteiger charge is 2.22. The van der Waals surface area contributed by atoms with Gasteiger partial charge in [-0.15, -0.1) is 0 Å². The first-order valence-electron chi connectivity index (χ1n) is 6.33. The SMILES string of the molecule is c1ccc(CC2CNN=C2c2ccccc2)cc1. The molecule has 2 heteroatoms.